The molecular weight excluding hydrogens is 376 g/mol. The van der Waals surface area contributed by atoms with Crippen LogP contribution in [0.1, 0.15) is 12.5 Å². The number of carbonyl (C=O) groups excluding carboxylic acids is 1. The van der Waals surface area contributed by atoms with Gasteiger partial charge in [0.1, 0.15) is 17.2 Å². The van der Waals surface area contributed by atoms with Crippen LogP contribution >= 0.6 is 11.3 Å². The summed E-state index contributed by atoms with van der Waals surface area (Å²) in [5.74, 6) is 1.78. The van der Waals surface area contributed by atoms with Gasteiger partial charge >= 0.3 is 0 Å². The number of anilines is 1. The Labute approximate surface area is 168 Å². The van der Waals surface area contributed by atoms with Crippen LogP contribution in [0.5, 0.6) is 17.2 Å². The summed E-state index contributed by atoms with van der Waals surface area (Å²) in [4.78, 5) is 17.0. The minimum atomic E-state index is -0.652. The van der Waals surface area contributed by atoms with Crippen LogP contribution in [0.4, 0.5) is 5.13 Å². The van der Waals surface area contributed by atoms with Crippen molar-refractivity contribution in [1.82, 2.24) is 4.98 Å². The maximum Gasteiger partial charge on any atom is 0.266 e. The lowest BCUT2D eigenvalue weighted by Gasteiger charge is -2.14. The van der Waals surface area contributed by atoms with Crippen molar-refractivity contribution in [2.24, 2.45) is 0 Å². The summed E-state index contributed by atoms with van der Waals surface area (Å²) < 4.78 is 16.4. The van der Waals surface area contributed by atoms with Crippen molar-refractivity contribution >= 4 is 22.4 Å². The number of ether oxygens (including phenoxy) is 3. The quantitative estimate of drug-likeness (QED) is 0.633. The standard InChI is InChI=1S/C21H22N2O4S/c1-13-6-5-7-16(10-13)27-14(2)20(24)23-21-22-18(12-28-21)17-11-15(25-3)8-9-19(17)26-4/h5-12,14H,1-4H3,(H,22,23,24)/t14-/m1/s1. The van der Waals surface area contributed by atoms with Gasteiger partial charge in [-0.15, -0.1) is 11.3 Å². The fourth-order valence-electron chi connectivity index (χ4n) is 2.62. The van der Waals surface area contributed by atoms with E-state index in [-0.39, 0.29) is 5.91 Å². The molecule has 1 N–H and O–H groups in total. The third-order valence-electron chi connectivity index (χ3n) is 4.09. The average Bonchev–Trinajstić information content (AvgIpc) is 3.15. The fourth-order valence-corrected chi connectivity index (χ4v) is 3.34. The van der Waals surface area contributed by atoms with Crippen LogP contribution in [0.2, 0.25) is 0 Å². The van der Waals surface area contributed by atoms with E-state index < -0.39 is 6.10 Å². The molecule has 0 aliphatic carbocycles. The minimum Gasteiger partial charge on any atom is -0.497 e. The molecule has 28 heavy (non-hydrogen) atoms. The number of amides is 1. The van der Waals surface area contributed by atoms with Gasteiger partial charge in [0.15, 0.2) is 11.2 Å². The second-order valence-corrected chi connectivity index (χ2v) is 7.03. The SMILES string of the molecule is COc1ccc(OC)c(-c2csc(NC(=O)[C@@H](C)Oc3cccc(C)c3)n2)c1. The number of rotatable bonds is 7. The highest BCUT2D eigenvalue weighted by molar-refractivity contribution is 7.14. The number of nitrogens with zero attached hydrogens (tertiary/aromatic N) is 1. The first-order valence-corrected chi connectivity index (χ1v) is 9.60. The van der Waals surface area contributed by atoms with Crippen molar-refractivity contribution in [2.75, 3.05) is 19.5 Å². The summed E-state index contributed by atoms with van der Waals surface area (Å²) in [5.41, 5.74) is 2.56. The predicted molar refractivity (Wildman–Crippen MR) is 111 cm³/mol. The summed E-state index contributed by atoms with van der Waals surface area (Å²) in [6.07, 6.45) is -0.652. The number of methoxy groups -OCH3 is 2. The van der Waals surface area contributed by atoms with Crippen LogP contribution in [-0.4, -0.2) is 31.2 Å². The molecule has 0 unspecified atom stereocenters. The first kappa shape index (κ1) is 19.7. The lowest BCUT2D eigenvalue weighted by Crippen LogP contribution is -2.30. The van der Waals surface area contributed by atoms with E-state index in [1.807, 2.05) is 54.8 Å². The molecule has 0 radical (unpaired) electrons. The molecule has 0 aliphatic heterocycles. The Hall–Kier alpha value is -3.06. The molecule has 6 nitrogen and oxygen atoms in total. The van der Waals surface area contributed by atoms with Crippen LogP contribution in [0.25, 0.3) is 11.3 Å². The van der Waals surface area contributed by atoms with Gasteiger partial charge in [-0.3, -0.25) is 10.1 Å². The highest BCUT2D eigenvalue weighted by atomic mass is 32.1. The van der Waals surface area contributed by atoms with Gasteiger partial charge in [0.25, 0.3) is 5.91 Å². The Morgan fingerprint density at radius 3 is 2.64 bits per heavy atom. The first-order valence-electron chi connectivity index (χ1n) is 8.72. The monoisotopic (exact) mass is 398 g/mol. The summed E-state index contributed by atoms with van der Waals surface area (Å²) in [7, 11) is 3.21. The molecule has 0 bridgehead atoms. The van der Waals surface area contributed by atoms with Crippen molar-refractivity contribution in [3.63, 3.8) is 0 Å². The lowest BCUT2D eigenvalue weighted by molar-refractivity contribution is -0.122. The summed E-state index contributed by atoms with van der Waals surface area (Å²) in [5, 5.41) is 5.15. The molecule has 2 aromatic carbocycles. The zero-order valence-electron chi connectivity index (χ0n) is 16.2. The van der Waals surface area contributed by atoms with E-state index in [9.17, 15) is 4.79 Å². The molecule has 1 heterocycles. The van der Waals surface area contributed by atoms with Gasteiger partial charge < -0.3 is 14.2 Å². The van der Waals surface area contributed by atoms with E-state index in [0.717, 1.165) is 11.1 Å². The van der Waals surface area contributed by atoms with E-state index in [1.54, 1.807) is 21.1 Å². The number of aromatic nitrogens is 1. The molecule has 1 atom stereocenters. The Morgan fingerprint density at radius 1 is 1.11 bits per heavy atom. The number of nitrogens with one attached hydrogen (secondary N) is 1. The molecule has 146 valence electrons. The van der Waals surface area contributed by atoms with Crippen LogP contribution < -0.4 is 19.5 Å². The summed E-state index contributed by atoms with van der Waals surface area (Å²) in [6.45, 7) is 3.68. The molecule has 1 aromatic heterocycles. The first-order chi connectivity index (χ1) is 13.5. The Morgan fingerprint density at radius 2 is 1.93 bits per heavy atom. The summed E-state index contributed by atoms with van der Waals surface area (Å²) >= 11 is 1.34. The third kappa shape index (κ3) is 4.61. The van der Waals surface area contributed by atoms with Crippen LogP contribution in [-0.2, 0) is 4.79 Å². The highest BCUT2D eigenvalue weighted by Crippen LogP contribution is 2.35. The van der Waals surface area contributed by atoms with Crippen molar-refractivity contribution in [1.29, 1.82) is 0 Å². The maximum atomic E-state index is 12.5. The number of hydrogen-bond donors (Lipinski definition) is 1. The maximum absolute atomic E-state index is 12.5. The number of carbonyl (C=O) groups is 1. The van der Waals surface area contributed by atoms with Crippen molar-refractivity contribution in [3.8, 4) is 28.5 Å². The van der Waals surface area contributed by atoms with Crippen LogP contribution in [0, 0.1) is 6.92 Å². The normalized spacial score (nSPS) is 11.6. The molecule has 0 aliphatic rings. The van der Waals surface area contributed by atoms with Gasteiger partial charge in [0.05, 0.1) is 19.9 Å². The number of thiazole rings is 1. The molecular formula is C21H22N2O4S. The smallest absolute Gasteiger partial charge is 0.266 e. The summed E-state index contributed by atoms with van der Waals surface area (Å²) in [6, 6.07) is 13.1. The molecule has 0 fully saturated rings. The van der Waals surface area contributed by atoms with Gasteiger partial charge in [0.2, 0.25) is 0 Å². The average molecular weight is 398 g/mol. The molecule has 7 heteroatoms. The van der Waals surface area contributed by atoms with E-state index in [0.29, 0.717) is 28.1 Å². The van der Waals surface area contributed by atoms with Gasteiger partial charge in [-0.05, 0) is 49.7 Å². The Balaban J connectivity index is 1.71. The zero-order chi connectivity index (χ0) is 20.1. The molecule has 0 saturated heterocycles. The van der Waals surface area contributed by atoms with Crippen LogP contribution in [0.3, 0.4) is 0 Å². The molecule has 3 rings (SSSR count). The van der Waals surface area contributed by atoms with Gasteiger partial charge in [-0.2, -0.15) is 0 Å². The van der Waals surface area contributed by atoms with E-state index in [1.165, 1.54) is 11.3 Å². The number of hydrogen-bond acceptors (Lipinski definition) is 6. The molecule has 0 spiro atoms. The third-order valence-corrected chi connectivity index (χ3v) is 4.85. The Bertz CT molecular complexity index is 971. The van der Waals surface area contributed by atoms with E-state index in [2.05, 4.69) is 10.3 Å². The minimum absolute atomic E-state index is 0.264. The second-order valence-electron chi connectivity index (χ2n) is 6.17. The van der Waals surface area contributed by atoms with Gasteiger partial charge in [0, 0.05) is 10.9 Å². The molecule has 1 amide bonds. The molecule has 3 aromatic rings. The van der Waals surface area contributed by atoms with Gasteiger partial charge in [-0.1, -0.05) is 12.1 Å². The van der Waals surface area contributed by atoms with Crippen molar-refractivity contribution in [2.45, 2.75) is 20.0 Å². The van der Waals surface area contributed by atoms with E-state index in [4.69, 9.17) is 14.2 Å². The van der Waals surface area contributed by atoms with Gasteiger partial charge in [-0.25, -0.2) is 4.98 Å². The number of benzene rings is 2. The topological polar surface area (TPSA) is 69.7 Å². The van der Waals surface area contributed by atoms with Crippen LogP contribution in [0.15, 0.2) is 47.8 Å². The molecule has 0 saturated carbocycles. The lowest BCUT2D eigenvalue weighted by atomic mass is 10.1. The number of aryl methyl sites for hydroxylation is 1. The second kappa shape index (κ2) is 8.75. The highest BCUT2D eigenvalue weighted by Gasteiger charge is 2.18. The zero-order valence-corrected chi connectivity index (χ0v) is 17.0. The van der Waals surface area contributed by atoms with Crippen molar-refractivity contribution in [3.05, 3.63) is 53.4 Å². The predicted octanol–water partition coefficient (Wildman–Crippen LogP) is 4.54. The Kier molecular flexibility index (Phi) is 6.16. The van der Waals surface area contributed by atoms with Crippen molar-refractivity contribution < 1.29 is 19.0 Å². The van der Waals surface area contributed by atoms with E-state index >= 15 is 0 Å². The fraction of sp³-hybridized carbons (Fsp3) is 0.238. The largest absolute Gasteiger partial charge is 0.497 e.